The average molecular weight is 372 g/mol. The van der Waals surface area contributed by atoms with Crippen molar-refractivity contribution in [2.24, 2.45) is 7.05 Å². The summed E-state index contributed by atoms with van der Waals surface area (Å²) in [7, 11) is 1.87. The summed E-state index contributed by atoms with van der Waals surface area (Å²) in [5, 5.41) is 13.8. The highest BCUT2D eigenvalue weighted by atomic mass is 127. The van der Waals surface area contributed by atoms with Gasteiger partial charge in [-0.1, -0.05) is 6.07 Å². The summed E-state index contributed by atoms with van der Waals surface area (Å²) >= 11 is 0. The van der Waals surface area contributed by atoms with Crippen molar-refractivity contribution in [2.75, 3.05) is 11.1 Å². The molecule has 0 bridgehead atoms. The summed E-state index contributed by atoms with van der Waals surface area (Å²) in [6.45, 7) is 0. The normalized spacial score (nSPS) is 9.53. The molecule has 1 heterocycles. The maximum atomic E-state index is 10.7. The van der Waals surface area contributed by atoms with E-state index in [0.29, 0.717) is 11.4 Å². The van der Waals surface area contributed by atoms with Crippen LogP contribution in [0.2, 0.25) is 0 Å². The van der Waals surface area contributed by atoms with E-state index in [0.717, 1.165) is 5.82 Å². The van der Waals surface area contributed by atoms with E-state index in [9.17, 15) is 10.1 Å². The molecule has 0 unspecified atom stereocenters. The van der Waals surface area contributed by atoms with Crippen molar-refractivity contribution < 1.29 is 33.5 Å². The molecule has 19 heavy (non-hydrogen) atoms. The standard InChI is InChI=1S/C12H12N4O2.HI/c1-15-7-3-2-4-12(15)14-11-8-9(16(17)18)5-6-10(11)13;/h2-8H,13H2,1H3;1H. The van der Waals surface area contributed by atoms with Crippen molar-refractivity contribution in [1.82, 2.24) is 0 Å². The van der Waals surface area contributed by atoms with Gasteiger partial charge in [0.15, 0.2) is 5.69 Å². The monoisotopic (exact) mass is 372 g/mol. The van der Waals surface area contributed by atoms with Crippen LogP contribution in [0.1, 0.15) is 0 Å². The van der Waals surface area contributed by atoms with E-state index in [1.807, 2.05) is 36.0 Å². The number of halogens is 1. The molecule has 1 aromatic carbocycles. The van der Waals surface area contributed by atoms with Crippen LogP contribution in [0.25, 0.3) is 0 Å². The van der Waals surface area contributed by atoms with E-state index in [4.69, 9.17) is 5.73 Å². The number of pyridine rings is 1. The largest absolute Gasteiger partial charge is 1.00 e. The van der Waals surface area contributed by atoms with Gasteiger partial charge in [0.05, 0.1) is 29.9 Å². The van der Waals surface area contributed by atoms with Crippen LogP contribution in [0.5, 0.6) is 0 Å². The highest BCUT2D eigenvalue weighted by molar-refractivity contribution is 5.73. The fraction of sp³-hybridized carbons (Fsp3) is 0.0833. The number of rotatable bonds is 3. The Kier molecular flexibility index (Phi) is 5.04. The molecule has 0 fully saturated rings. The molecule has 0 atom stereocenters. The Morgan fingerprint density at radius 1 is 1.32 bits per heavy atom. The highest BCUT2D eigenvalue weighted by Gasteiger charge is 2.14. The first kappa shape index (κ1) is 15.2. The second-order valence-corrected chi connectivity index (χ2v) is 3.85. The molecular weight excluding hydrogens is 359 g/mol. The third-order valence-corrected chi connectivity index (χ3v) is 2.57. The Morgan fingerprint density at radius 2 is 2.05 bits per heavy atom. The number of hydrogen-bond donors (Lipinski definition) is 2. The number of nitro benzene ring substituents is 1. The molecule has 0 aliphatic carbocycles. The Balaban J connectivity index is 0.00000180. The lowest BCUT2D eigenvalue weighted by molar-refractivity contribution is -0.657. The number of hydrogen-bond acceptors (Lipinski definition) is 4. The number of nitrogens with zero attached hydrogens (tertiary/aromatic N) is 2. The van der Waals surface area contributed by atoms with Gasteiger partial charge in [-0.2, -0.15) is 0 Å². The first-order valence-corrected chi connectivity index (χ1v) is 5.33. The Hall–Kier alpha value is -1.90. The molecule has 0 aliphatic rings. The van der Waals surface area contributed by atoms with Gasteiger partial charge in [-0.25, -0.2) is 9.88 Å². The number of nitrogens with one attached hydrogen (secondary N) is 1. The van der Waals surface area contributed by atoms with Crippen LogP contribution in [-0.2, 0) is 7.05 Å². The number of aryl methyl sites for hydroxylation is 1. The lowest BCUT2D eigenvalue weighted by Crippen LogP contribution is -3.00. The number of benzene rings is 1. The van der Waals surface area contributed by atoms with Crippen LogP contribution in [0.15, 0.2) is 42.6 Å². The van der Waals surface area contributed by atoms with Gasteiger partial charge in [0, 0.05) is 12.1 Å². The third-order valence-electron chi connectivity index (χ3n) is 2.57. The molecule has 100 valence electrons. The Bertz CT molecular complexity index is 604. The molecule has 1 aromatic heterocycles. The summed E-state index contributed by atoms with van der Waals surface area (Å²) in [6, 6.07) is 9.94. The van der Waals surface area contributed by atoms with Crippen molar-refractivity contribution in [1.29, 1.82) is 0 Å². The molecular formula is C12H13IN4O2. The van der Waals surface area contributed by atoms with E-state index in [1.54, 1.807) is 0 Å². The minimum atomic E-state index is -0.449. The van der Waals surface area contributed by atoms with Crippen molar-refractivity contribution in [2.45, 2.75) is 0 Å². The molecule has 3 N–H and O–H groups in total. The van der Waals surface area contributed by atoms with Gasteiger partial charge in [0.2, 0.25) is 0 Å². The van der Waals surface area contributed by atoms with Crippen molar-refractivity contribution in [3.63, 3.8) is 0 Å². The topological polar surface area (TPSA) is 85.1 Å². The summed E-state index contributed by atoms with van der Waals surface area (Å²) in [5.74, 6) is 0.796. The fourth-order valence-electron chi connectivity index (χ4n) is 1.56. The second-order valence-electron chi connectivity index (χ2n) is 3.85. The van der Waals surface area contributed by atoms with Gasteiger partial charge < -0.3 is 29.7 Å². The van der Waals surface area contributed by atoms with Gasteiger partial charge >= 0.3 is 0 Å². The summed E-state index contributed by atoms with van der Waals surface area (Å²) < 4.78 is 1.86. The maximum absolute atomic E-state index is 10.7. The van der Waals surface area contributed by atoms with Gasteiger partial charge in [-0.05, 0) is 12.1 Å². The van der Waals surface area contributed by atoms with Gasteiger partial charge in [0.1, 0.15) is 0 Å². The molecule has 0 spiro atoms. The number of nitrogens with two attached hydrogens (primary N) is 1. The van der Waals surface area contributed by atoms with Gasteiger partial charge in [-0.3, -0.25) is 10.1 Å². The minimum absolute atomic E-state index is 0. The first-order valence-electron chi connectivity index (χ1n) is 5.33. The van der Waals surface area contributed by atoms with E-state index in [-0.39, 0.29) is 29.7 Å². The second kappa shape index (κ2) is 6.32. The Labute approximate surface area is 127 Å². The van der Waals surface area contributed by atoms with E-state index in [1.165, 1.54) is 18.2 Å². The van der Waals surface area contributed by atoms with Crippen LogP contribution in [0.3, 0.4) is 0 Å². The molecule has 0 saturated heterocycles. The third kappa shape index (κ3) is 3.53. The lowest BCUT2D eigenvalue weighted by Gasteiger charge is -2.04. The van der Waals surface area contributed by atoms with Crippen LogP contribution in [0, 0.1) is 10.1 Å². The first-order chi connectivity index (χ1) is 8.58. The van der Waals surface area contributed by atoms with E-state index in [2.05, 4.69) is 5.32 Å². The zero-order valence-electron chi connectivity index (χ0n) is 10.2. The fourth-order valence-corrected chi connectivity index (χ4v) is 1.56. The zero-order valence-corrected chi connectivity index (χ0v) is 12.4. The Morgan fingerprint density at radius 3 is 2.68 bits per heavy atom. The van der Waals surface area contributed by atoms with Crippen molar-refractivity contribution in [3.05, 3.63) is 52.7 Å². The molecule has 0 saturated carbocycles. The lowest BCUT2D eigenvalue weighted by atomic mass is 10.2. The average Bonchev–Trinajstić information content (AvgIpc) is 2.34. The van der Waals surface area contributed by atoms with E-state index < -0.39 is 4.92 Å². The van der Waals surface area contributed by atoms with Crippen LogP contribution >= 0.6 is 0 Å². The van der Waals surface area contributed by atoms with Crippen molar-refractivity contribution in [3.8, 4) is 0 Å². The summed E-state index contributed by atoms with van der Waals surface area (Å²) in [6.07, 6.45) is 1.87. The summed E-state index contributed by atoms with van der Waals surface area (Å²) in [4.78, 5) is 10.3. The molecule has 2 aromatic rings. The number of non-ortho nitro benzene ring substituents is 1. The molecule has 6 nitrogen and oxygen atoms in total. The zero-order chi connectivity index (χ0) is 13.1. The molecule has 0 amide bonds. The molecule has 7 heteroatoms. The predicted octanol–water partition coefficient (Wildman–Crippen LogP) is -1.25. The number of nitrogen functional groups attached to an aromatic ring is 1. The predicted molar refractivity (Wildman–Crippen MR) is 68.4 cm³/mol. The SMILES string of the molecule is C[n+]1ccccc1Nc1cc([N+](=O)[O-])ccc1N.[I-]. The van der Waals surface area contributed by atoms with Crippen LogP contribution in [-0.4, -0.2) is 4.92 Å². The quantitative estimate of drug-likeness (QED) is 0.232. The van der Waals surface area contributed by atoms with Gasteiger partial charge in [0.25, 0.3) is 11.5 Å². The van der Waals surface area contributed by atoms with E-state index >= 15 is 0 Å². The number of anilines is 3. The van der Waals surface area contributed by atoms with Gasteiger partial charge in [-0.15, -0.1) is 0 Å². The maximum Gasteiger partial charge on any atom is 0.279 e. The molecule has 2 rings (SSSR count). The smallest absolute Gasteiger partial charge is 0.279 e. The van der Waals surface area contributed by atoms with Crippen LogP contribution in [0.4, 0.5) is 22.9 Å². The number of aromatic nitrogens is 1. The molecule has 0 radical (unpaired) electrons. The van der Waals surface area contributed by atoms with Crippen LogP contribution < -0.4 is 39.6 Å². The summed E-state index contributed by atoms with van der Waals surface area (Å²) in [5.41, 5.74) is 6.78. The minimum Gasteiger partial charge on any atom is -1.00 e. The van der Waals surface area contributed by atoms with Crippen molar-refractivity contribution >= 4 is 22.9 Å². The number of nitro groups is 1. The molecule has 0 aliphatic heterocycles. The highest BCUT2D eigenvalue weighted by Crippen LogP contribution is 2.26.